The zero-order valence-corrected chi connectivity index (χ0v) is 7.09. The molecule has 0 aromatic carbocycles. The molecule has 1 unspecified atom stereocenters. The summed E-state index contributed by atoms with van der Waals surface area (Å²) in [4.78, 5) is 2.21. The van der Waals surface area contributed by atoms with E-state index in [2.05, 4.69) is 4.90 Å². The maximum atomic E-state index is 12.5. The Hall–Kier alpha value is -0.410. The average Bonchev–Trinajstić information content (AvgIpc) is 2.60. The Morgan fingerprint density at radius 3 is 3.08 bits per heavy atom. The minimum atomic E-state index is -0.311. The predicted octanol–water partition coefficient (Wildman–Crippen LogP) is 1.07. The van der Waals surface area contributed by atoms with E-state index in [1.165, 1.54) is 0 Å². The van der Waals surface area contributed by atoms with Crippen LogP contribution < -0.4 is 0 Å². The second kappa shape index (κ2) is 2.82. The topological polar surface area (TPSA) is 23.5 Å². The van der Waals surface area contributed by atoms with Gasteiger partial charge in [-0.25, -0.2) is 4.39 Å². The van der Waals surface area contributed by atoms with Crippen LogP contribution in [-0.4, -0.2) is 35.2 Å². The molecule has 0 aromatic heterocycles. The summed E-state index contributed by atoms with van der Waals surface area (Å²) < 4.78 is 12.5. The Morgan fingerprint density at radius 2 is 2.42 bits per heavy atom. The fraction of sp³-hybridized carbons (Fsp3) is 0.778. The average molecular weight is 171 g/mol. The molecule has 2 nitrogen and oxygen atoms in total. The summed E-state index contributed by atoms with van der Waals surface area (Å²) in [5.74, 6) is 0. The lowest BCUT2D eigenvalue weighted by Gasteiger charge is -2.30. The molecule has 0 bridgehead atoms. The Balaban J connectivity index is 2.31. The molecule has 3 heteroatoms. The van der Waals surface area contributed by atoms with Gasteiger partial charge in [-0.1, -0.05) is 0 Å². The van der Waals surface area contributed by atoms with Gasteiger partial charge in [0.1, 0.15) is 0 Å². The van der Waals surface area contributed by atoms with Crippen molar-refractivity contribution in [1.29, 1.82) is 0 Å². The molecular weight excluding hydrogens is 157 g/mol. The van der Waals surface area contributed by atoms with Gasteiger partial charge in [0.05, 0.1) is 18.5 Å². The van der Waals surface area contributed by atoms with Crippen molar-refractivity contribution in [3.8, 4) is 0 Å². The molecule has 12 heavy (non-hydrogen) atoms. The van der Waals surface area contributed by atoms with Gasteiger partial charge in [0, 0.05) is 6.54 Å². The van der Waals surface area contributed by atoms with Crippen LogP contribution in [0.1, 0.15) is 19.3 Å². The maximum Gasteiger partial charge on any atom is 0.0878 e. The summed E-state index contributed by atoms with van der Waals surface area (Å²) in [5, 5.41) is 9.28. The highest BCUT2D eigenvalue weighted by Gasteiger charge is 2.47. The van der Waals surface area contributed by atoms with Gasteiger partial charge in [0.25, 0.3) is 0 Å². The molecule has 1 N–H and O–H groups in total. The summed E-state index contributed by atoms with van der Waals surface area (Å²) in [6.07, 6.45) is 3.48. The summed E-state index contributed by atoms with van der Waals surface area (Å²) in [5.41, 5.74) is 0.483. The van der Waals surface area contributed by atoms with Crippen LogP contribution in [0.15, 0.2) is 11.9 Å². The molecule has 0 amide bonds. The molecule has 0 spiro atoms. The van der Waals surface area contributed by atoms with Crippen LogP contribution in [0.4, 0.5) is 4.39 Å². The Bertz CT molecular complexity index is 217. The fourth-order valence-corrected chi connectivity index (χ4v) is 2.55. The van der Waals surface area contributed by atoms with Crippen molar-refractivity contribution in [3.05, 3.63) is 11.9 Å². The highest BCUT2D eigenvalue weighted by Crippen LogP contribution is 2.42. The van der Waals surface area contributed by atoms with Crippen LogP contribution in [0.3, 0.4) is 0 Å². The van der Waals surface area contributed by atoms with Crippen LogP contribution in [-0.2, 0) is 0 Å². The summed E-state index contributed by atoms with van der Waals surface area (Å²) >= 11 is 0. The van der Waals surface area contributed by atoms with Gasteiger partial charge >= 0.3 is 0 Å². The van der Waals surface area contributed by atoms with Gasteiger partial charge in [0.2, 0.25) is 0 Å². The van der Waals surface area contributed by atoms with E-state index in [0.29, 0.717) is 6.33 Å². The molecule has 0 aliphatic carbocycles. The minimum absolute atomic E-state index is 0.0722. The lowest BCUT2D eigenvalue weighted by Crippen LogP contribution is -2.42. The second-order valence-electron chi connectivity index (χ2n) is 3.66. The van der Waals surface area contributed by atoms with E-state index in [1.807, 2.05) is 0 Å². The Labute approximate surface area is 71.7 Å². The summed E-state index contributed by atoms with van der Waals surface area (Å²) in [6, 6.07) is 0. The number of halogens is 1. The first-order chi connectivity index (χ1) is 5.83. The zero-order chi connectivity index (χ0) is 8.60. The van der Waals surface area contributed by atoms with E-state index in [0.717, 1.165) is 37.9 Å². The van der Waals surface area contributed by atoms with Crippen LogP contribution in [0.2, 0.25) is 0 Å². The van der Waals surface area contributed by atoms with Gasteiger partial charge in [-0.3, -0.25) is 4.90 Å². The standard InChI is InChI=1S/C9H14FNO/c10-6-8-2-5-11-4-1-3-9(8,11)7-12/h6,12H,1-5,7H2. The highest BCUT2D eigenvalue weighted by molar-refractivity contribution is 5.26. The minimum Gasteiger partial charge on any atom is -0.394 e. The number of hydrogen-bond acceptors (Lipinski definition) is 2. The summed E-state index contributed by atoms with van der Waals surface area (Å²) in [7, 11) is 0. The predicted molar refractivity (Wildman–Crippen MR) is 44.4 cm³/mol. The zero-order valence-electron chi connectivity index (χ0n) is 7.09. The molecule has 0 aromatic rings. The van der Waals surface area contributed by atoms with Crippen LogP contribution >= 0.6 is 0 Å². The van der Waals surface area contributed by atoms with Gasteiger partial charge in [0.15, 0.2) is 0 Å². The Kier molecular flexibility index (Phi) is 1.93. The van der Waals surface area contributed by atoms with Crippen molar-refractivity contribution in [2.45, 2.75) is 24.8 Å². The van der Waals surface area contributed by atoms with Gasteiger partial charge in [-0.05, 0) is 31.4 Å². The third-order valence-corrected chi connectivity index (χ3v) is 3.27. The van der Waals surface area contributed by atoms with Crippen molar-refractivity contribution in [3.63, 3.8) is 0 Å². The first kappa shape index (κ1) is 8.20. The molecular formula is C9H14FNO. The second-order valence-corrected chi connectivity index (χ2v) is 3.66. The molecule has 2 heterocycles. The molecule has 2 rings (SSSR count). The summed E-state index contributed by atoms with van der Waals surface area (Å²) in [6.45, 7) is 2.00. The molecule has 2 aliphatic heterocycles. The first-order valence-corrected chi connectivity index (χ1v) is 4.49. The van der Waals surface area contributed by atoms with Crippen molar-refractivity contribution < 1.29 is 9.50 Å². The van der Waals surface area contributed by atoms with E-state index in [1.54, 1.807) is 0 Å². The highest BCUT2D eigenvalue weighted by atomic mass is 19.1. The molecule has 0 radical (unpaired) electrons. The molecule has 2 fully saturated rings. The third-order valence-electron chi connectivity index (χ3n) is 3.27. The van der Waals surface area contributed by atoms with Gasteiger partial charge in [-0.2, -0.15) is 0 Å². The SMILES string of the molecule is OCC12CCCN1CCC2=CF. The van der Waals surface area contributed by atoms with Crippen molar-refractivity contribution in [2.24, 2.45) is 0 Å². The van der Waals surface area contributed by atoms with Crippen LogP contribution in [0.5, 0.6) is 0 Å². The molecule has 2 saturated heterocycles. The van der Waals surface area contributed by atoms with Crippen molar-refractivity contribution >= 4 is 0 Å². The Morgan fingerprint density at radius 1 is 1.58 bits per heavy atom. The number of rotatable bonds is 1. The van der Waals surface area contributed by atoms with Crippen LogP contribution in [0.25, 0.3) is 0 Å². The molecule has 1 atom stereocenters. The lowest BCUT2D eigenvalue weighted by atomic mass is 9.91. The van der Waals surface area contributed by atoms with E-state index in [4.69, 9.17) is 0 Å². The van der Waals surface area contributed by atoms with E-state index >= 15 is 0 Å². The number of aliphatic hydroxyl groups excluding tert-OH is 1. The monoisotopic (exact) mass is 171 g/mol. The molecule has 0 saturated carbocycles. The van der Waals surface area contributed by atoms with E-state index in [9.17, 15) is 9.50 Å². The number of aliphatic hydroxyl groups is 1. The van der Waals surface area contributed by atoms with E-state index < -0.39 is 0 Å². The number of hydrogen-bond donors (Lipinski definition) is 1. The fourth-order valence-electron chi connectivity index (χ4n) is 2.55. The van der Waals surface area contributed by atoms with Crippen LogP contribution in [0, 0.1) is 0 Å². The molecule has 2 aliphatic rings. The van der Waals surface area contributed by atoms with E-state index in [-0.39, 0.29) is 12.1 Å². The smallest absolute Gasteiger partial charge is 0.0878 e. The largest absolute Gasteiger partial charge is 0.394 e. The maximum absolute atomic E-state index is 12.5. The normalized spacial score (nSPS) is 39.3. The number of fused-ring (bicyclic) bond motifs is 1. The third kappa shape index (κ3) is 0.866. The van der Waals surface area contributed by atoms with Gasteiger partial charge in [-0.15, -0.1) is 0 Å². The first-order valence-electron chi connectivity index (χ1n) is 4.49. The van der Waals surface area contributed by atoms with Crippen molar-refractivity contribution in [1.82, 2.24) is 4.90 Å². The number of nitrogens with zero attached hydrogens (tertiary/aromatic N) is 1. The van der Waals surface area contributed by atoms with Gasteiger partial charge < -0.3 is 5.11 Å². The quantitative estimate of drug-likeness (QED) is 0.638. The lowest BCUT2D eigenvalue weighted by molar-refractivity contribution is 0.122. The van der Waals surface area contributed by atoms with Crippen molar-refractivity contribution in [2.75, 3.05) is 19.7 Å². The molecule has 68 valence electrons.